The van der Waals surface area contributed by atoms with Crippen LogP contribution in [-0.4, -0.2) is 43.1 Å². The van der Waals surface area contributed by atoms with Crippen LogP contribution in [0.15, 0.2) is 48.7 Å². The van der Waals surface area contributed by atoms with Gasteiger partial charge in [0.25, 0.3) is 0 Å². The third-order valence-electron chi connectivity index (χ3n) is 4.32. The molecule has 0 atom stereocenters. The van der Waals surface area contributed by atoms with Gasteiger partial charge in [0.2, 0.25) is 0 Å². The number of nitrogens with zero attached hydrogens (tertiary/aromatic N) is 2. The van der Waals surface area contributed by atoms with Crippen LogP contribution >= 0.6 is 0 Å². The maximum absolute atomic E-state index is 13.8. The number of rotatable bonds is 6. The maximum Gasteiger partial charge on any atom is 0.418 e. The van der Waals surface area contributed by atoms with E-state index in [-0.39, 0.29) is 28.8 Å². The van der Waals surface area contributed by atoms with Gasteiger partial charge in [0.1, 0.15) is 12.4 Å². The Kier molecular flexibility index (Phi) is 6.21. The predicted molar refractivity (Wildman–Crippen MR) is 105 cm³/mol. The highest BCUT2D eigenvalue weighted by molar-refractivity contribution is 6.00. The van der Waals surface area contributed by atoms with E-state index in [4.69, 9.17) is 4.74 Å². The lowest BCUT2D eigenvalue weighted by molar-refractivity contribution is -0.136. The summed E-state index contributed by atoms with van der Waals surface area (Å²) in [6.45, 7) is 0.591. The number of para-hydroxylation sites is 1. The van der Waals surface area contributed by atoms with E-state index < -0.39 is 23.5 Å². The molecule has 1 aromatic heterocycles. The average molecular weight is 421 g/mol. The molecule has 3 rings (SSSR count). The predicted octanol–water partition coefficient (Wildman–Crippen LogP) is 4.85. The molecule has 0 fully saturated rings. The zero-order valence-corrected chi connectivity index (χ0v) is 16.3. The molecule has 0 saturated heterocycles. The fraction of sp³-hybridized carbons (Fsp3) is 0.238. The number of nitrogens with one attached hydrogen (secondary N) is 1. The number of halogens is 4. The zero-order valence-electron chi connectivity index (χ0n) is 16.3. The van der Waals surface area contributed by atoms with Gasteiger partial charge in [0.05, 0.1) is 22.3 Å². The average Bonchev–Trinajstić information content (AvgIpc) is 2.68. The van der Waals surface area contributed by atoms with Crippen LogP contribution in [0.5, 0.6) is 0 Å². The van der Waals surface area contributed by atoms with Crippen LogP contribution < -0.4 is 5.32 Å². The van der Waals surface area contributed by atoms with E-state index in [0.717, 1.165) is 18.2 Å². The molecular formula is C21H19F4N3O2. The van der Waals surface area contributed by atoms with Crippen molar-refractivity contribution in [2.75, 3.05) is 32.6 Å². The number of carbonyl (C=O) groups excluding carboxylic acids is 1. The van der Waals surface area contributed by atoms with Gasteiger partial charge >= 0.3 is 12.1 Å². The molecule has 3 aromatic rings. The molecule has 2 aromatic carbocycles. The molecule has 0 bridgehead atoms. The molecule has 0 aliphatic rings. The van der Waals surface area contributed by atoms with E-state index in [9.17, 15) is 22.4 Å². The summed E-state index contributed by atoms with van der Waals surface area (Å²) < 4.78 is 58.8. The van der Waals surface area contributed by atoms with Crippen molar-refractivity contribution in [1.29, 1.82) is 0 Å². The van der Waals surface area contributed by atoms with Crippen molar-refractivity contribution < 1.29 is 27.1 Å². The highest BCUT2D eigenvalue weighted by atomic mass is 19.4. The van der Waals surface area contributed by atoms with E-state index >= 15 is 0 Å². The van der Waals surface area contributed by atoms with Crippen LogP contribution in [0.3, 0.4) is 0 Å². The minimum Gasteiger partial charge on any atom is -0.461 e. The van der Waals surface area contributed by atoms with Gasteiger partial charge in [0.15, 0.2) is 0 Å². The van der Waals surface area contributed by atoms with Crippen LogP contribution in [0.1, 0.15) is 15.9 Å². The maximum atomic E-state index is 13.8. The monoisotopic (exact) mass is 421 g/mol. The fourth-order valence-corrected chi connectivity index (χ4v) is 2.85. The zero-order chi connectivity index (χ0) is 21.9. The number of ether oxygens (including phenoxy) is 1. The normalized spacial score (nSPS) is 11.7. The molecule has 30 heavy (non-hydrogen) atoms. The standard InChI is InChI=1S/C21H19F4N3O2/c1-28(2)10-11-30-20(29)15-12-13(22)6-7-17(15)27-18-8-9-26-19-14(18)4-3-5-16(19)21(23,24)25/h3-9,12H,10-11H2,1-2H3,(H,26,27). The molecule has 0 spiro atoms. The first kappa shape index (κ1) is 21.5. The number of likely N-dealkylation sites (N-methyl/N-ethyl adjacent to an activating group) is 1. The first-order chi connectivity index (χ1) is 14.2. The smallest absolute Gasteiger partial charge is 0.418 e. The van der Waals surface area contributed by atoms with Crippen LogP contribution in [0, 0.1) is 5.82 Å². The quantitative estimate of drug-likeness (QED) is 0.455. The van der Waals surface area contributed by atoms with Crippen molar-refractivity contribution in [2.45, 2.75) is 6.18 Å². The van der Waals surface area contributed by atoms with Gasteiger partial charge in [-0.25, -0.2) is 9.18 Å². The van der Waals surface area contributed by atoms with Gasteiger partial charge < -0.3 is 15.0 Å². The summed E-state index contributed by atoms with van der Waals surface area (Å²) in [5.74, 6) is -1.38. The summed E-state index contributed by atoms with van der Waals surface area (Å²) in [6, 6.07) is 8.68. The highest BCUT2D eigenvalue weighted by Crippen LogP contribution is 2.36. The second-order valence-corrected chi connectivity index (χ2v) is 6.81. The molecule has 1 heterocycles. The van der Waals surface area contributed by atoms with Crippen molar-refractivity contribution in [2.24, 2.45) is 0 Å². The number of carbonyl (C=O) groups is 1. The number of alkyl halides is 3. The Labute approximate surface area is 170 Å². The molecule has 5 nitrogen and oxygen atoms in total. The van der Waals surface area contributed by atoms with E-state index in [2.05, 4.69) is 10.3 Å². The van der Waals surface area contributed by atoms with Gasteiger partial charge in [-0.15, -0.1) is 0 Å². The molecule has 0 amide bonds. The largest absolute Gasteiger partial charge is 0.461 e. The molecular weight excluding hydrogens is 402 g/mol. The van der Waals surface area contributed by atoms with Crippen LogP contribution in [0.4, 0.5) is 28.9 Å². The van der Waals surface area contributed by atoms with Crippen molar-refractivity contribution in [3.05, 3.63) is 65.6 Å². The van der Waals surface area contributed by atoms with E-state index in [0.29, 0.717) is 12.2 Å². The number of benzene rings is 2. The Morgan fingerprint density at radius 2 is 1.90 bits per heavy atom. The summed E-state index contributed by atoms with van der Waals surface area (Å²) in [7, 11) is 3.62. The van der Waals surface area contributed by atoms with Gasteiger partial charge in [-0.2, -0.15) is 13.2 Å². The molecule has 158 valence electrons. The molecule has 0 unspecified atom stereocenters. The van der Waals surface area contributed by atoms with E-state index in [1.54, 1.807) is 0 Å². The Morgan fingerprint density at radius 1 is 1.13 bits per heavy atom. The highest BCUT2D eigenvalue weighted by Gasteiger charge is 2.33. The molecule has 0 aliphatic carbocycles. The van der Waals surface area contributed by atoms with Crippen molar-refractivity contribution in [3.63, 3.8) is 0 Å². The molecule has 0 aliphatic heterocycles. The first-order valence-corrected chi connectivity index (χ1v) is 9.00. The molecule has 0 radical (unpaired) electrons. The number of pyridine rings is 1. The van der Waals surface area contributed by atoms with E-state index in [1.807, 2.05) is 19.0 Å². The van der Waals surface area contributed by atoms with Gasteiger partial charge in [-0.3, -0.25) is 4.98 Å². The number of hydrogen-bond donors (Lipinski definition) is 1. The Balaban J connectivity index is 1.97. The topological polar surface area (TPSA) is 54.5 Å². The minimum atomic E-state index is -4.57. The Morgan fingerprint density at radius 3 is 2.60 bits per heavy atom. The second-order valence-electron chi connectivity index (χ2n) is 6.81. The Bertz CT molecular complexity index is 1070. The van der Waals surface area contributed by atoms with E-state index in [1.165, 1.54) is 30.5 Å². The van der Waals surface area contributed by atoms with Gasteiger partial charge in [-0.05, 0) is 44.4 Å². The summed E-state index contributed by atoms with van der Waals surface area (Å²) in [5, 5.41) is 3.13. The lowest BCUT2D eigenvalue weighted by Crippen LogP contribution is -2.20. The summed E-state index contributed by atoms with van der Waals surface area (Å²) in [5.41, 5.74) is -0.666. The van der Waals surface area contributed by atoms with Crippen molar-refractivity contribution in [3.8, 4) is 0 Å². The van der Waals surface area contributed by atoms with Crippen LogP contribution in [0.25, 0.3) is 10.9 Å². The summed E-state index contributed by atoms with van der Waals surface area (Å²) in [6.07, 6.45) is -3.33. The fourth-order valence-electron chi connectivity index (χ4n) is 2.85. The van der Waals surface area contributed by atoms with Crippen LogP contribution in [0.2, 0.25) is 0 Å². The summed E-state index contributed by atoms with van der Waals surface area (Å²) >= 11 is 0. The number of hydrogen-bond acceptors (Lipinski definition) is 5. The van der Waals surface area contributed by atoms with Crippen LogP contribution in [-0.2, 0) is 10.9 Å². The molecule has 0 saturated carbocycles. The number of fused-ring (bicyclic) bond motifs is 1. The third kappa shape index (κ3) is 4.85. The number of aromatic nitrogens is 1. The lowest BCUT2D eigenvalue weighted by atomic mass is 10.1. The lowest BCUT2D eigenvalue weighted by Gasteiger charge is -2.16. The minimum absolute atomic E-state index is 0.0642. The Hall–Kier alpha value is -3.20. The van der Waals surface area contributed by atoms with Gasteiger partial charge in [0, 0.05) is 23.8 Å². The molecule has 9 heteroatoms. The van der Waals surface area contributed by atoms with Crippen molar-refractivity contribution >= 4 is 28.2 Å². The number of anilines is 2. The van der Waals surface area contributed by atoms with Gasteiger partial charge in [-0.1, -0.05) is 12.1 Å². The first-order valence-electron chi connectivity index (χ1n) is 9.00. The second kappa shape index (κ2) is 8.66. The third-order valence-corrected chi connectivity index (χ3v) is 4.32. The SMILES string of the molecule is CN(C)CCOC(=O)c1cc(F)ccc1Nc1ccnc2c(C(F)(F)F)cccc12. The van der Waals surface area contributed by atoms with Crippen molar-refractivity contribution in [1.82, 2.24) is 9.88 Å². The molecule has 1 N–H and O–H groups in total. The number of esters is 1. The summed E-state index contributed by atoms with van der Waals surface area (Å²) in [4.78, 5) is 18.1.